The second-order valence-corrected chi connectivity index (χ2v) is 7.26. The third-order valence-electron chi connectivity index (χ3n) is 3.96. The van der Waals surface area contributed by atoms with Crippen molar-refractivity contribution in [1.82, 2.24) is 4.72 Å². The molecule has 0 radical (unpaired) electrons. The molecule has 1 aliphatic carbocycles. The van der Waals surface area contributed by atoms with Crippen molar-refractivity contribution in [3.05, 3.63) is 0 Å². The van der Waals surface area contributed by atoms with Crippen LogP contribution in [0.3, 0.4) is 0 Å². The van der Waals surface area contributed by atoms with Gasteiger partial charge in [-0.1, -0.05) is 33.1 Å². The van der Waals surface area contributed by atoms with Gasteiger partial charge in [0.05, 0.1) is 5.25 Å². The predicted octanol–water partition coefficient (Wildman–Crippen LogP) is 3.04. The van der Waals surface area contributed by atoms with Crippen LogP contribution in [0.25, 0.3) is 0 Å². The van der Waals surface area contributed by atoms with E-state index in [1.165, 1.54) is 0 Å². The fourth-order valence-electron chi connectivity index (χ4n) is 2.37. The molecule has 1 saturated carbocycles. The zero-order valence-corrected chi connectivity index (χ0v) is 12.4. The first-order valence-electron chi connectivity index (χ1n) is 6.58. The lowest BCUT2D eigenvalue weighted by atomic mass is 9.97. The van der Waals surface area contributed by atoms with Gasteiger partial charge in [0.25, 0.3) is 0 Å². The Morgan fingerprint density at radius 2 is 1.71 bits per heavy atom. The summed E-state index contributed by atoms with van der Waals surface area (Å²) < 4.78 is 27.5. The zero-order chi connectivity index (χ0) is 12.9. The molecule has 0 heterocycles. The lowest BCUT2D eigenvalue weighted by Crippen LogP contribution is -2.52. The summed E-state index contributed by atoms with van der Waals surface area (Å²) in [5.41, 5.74) is -0.460. The Hall–Kier alpha value is 0.200. The highest BCUT2D eigenvalue weighted by molar-refractivity contribution is 7.90. The first-order valence-corrected chi connectivity index (χ1v) is 8.66. The highest BCUT2D eigenvalue weighted by Gasteiger charge is 2.35. The molecular weight excluding hydrogens is 258 g/mol. The van der Waals surface area contributed by atoms with Crippen LogP contribution in [0.15, 0.2) is 0 Å². The van der Waals surface area contributed by atoms with Gasteiger partial charge in [0.2, 0.25) is 10.0 Å². The molecule has 0 bridgehead atoms. The molecule has 0 atom stereocenters. The Balaban J connectivity index is 2.76. The summed E-state index contributed by atoms with van der Waals surface area (Å²) in [6.07, 6.45) is 6.27. The molecular formula is C12H24ClNO2S. The normalized spacial score (nSPS) is 19.5. The van der Waals surface area contributed by atoms with E-state index in [9.17, 15) is 8.42 Å². The van der Waals surface area contributed by atoms with Gasteiger partial charge >= 0.3 is 0 Å². The Kier molecular flexibility index (Phi) is 5.74. The molecule has 1 rings (SSSR count). The predicted molar refractivity (Wildman–Crippen MR) is 73.0 cm³/mol. The van der Waals surface area contributed by atoms with E-state index < -0.39 is 15.6 Å². The van der Waals surface area contributed by atoms with Crippen LogP contribution >= 0.6 is 11.6 Å². The molecule has 1 aliphatic rings. The molecule has 0 spiro atoms. The number of hydrogen-bond donors (Lipinski definition) is 1. The molecule has 1 N–H and O–H groups in total. The Bertz CT molecular complexity index is 311. The molecule has 0 aromatic heterocycles. The highest BCUT2D eigenvalue weighted by Crippen LogP contribution is 2.26. The van der Waals surface area contributed by atoms with E-state index in [2.05, 4.69) is 4.72 Å². The maximum Gasteiger partial charge on any atom is 0.215 e. The summed E-state index contributed by atoms with van der Waals surface area (Å²) in [6, 6.07) is 0. The van der Waals surface area contributed by atoms with E-state index in [4.69, 9.17) is 11.6 Å². The second kappa shape index (κ2) is 6.39. The van der Waals surface area contributed by atoms with E-state index in [1.54, 1.807) is 0 Å². The van der Waals surface area contributed by atoms with Gasteiger partial charge < -0.3 is 0 Å². The molecule has 0 aliphatic heterocycles. The minimum Gasteiger partial charge on any atom is -0.212 e. The number of alkyl halides is 1. The molecule has 17 heavy (non-hydrogen) atoms. The Morgan fingerprint density at radius 1 is 1.18 bits per heavy atom. The largest absolute Gasteiger partial charge is 0.215 e. The fraction of sp³-hybridized carbons (Fsp3) is 1.00. The lowest BCUT2D eigenvalue weighted by molar-refractivity contribution is 0.384. The van der Waals surface area contributed by atoms with Crippen LogP contribution in [0, 0.1) is 0 Å². The zero-order valence-electron chi connectivity index (χ0n) is 10.8. The number of hydrogen-bond acceptors (Lipinski definition) is 2. The summed E-state index contributed by atoms with van der Waals surface area (Å²) in [5.74, 6) is 0.339. The van der Waals surface area contributed by atoms with Crippen molar-refractivity contribution >= 4 is 21.6 Å². The van der Waals surface area contributed by atoms with Gasteiger partial charge in [-0.2, -0.15) is 0 Å². The monoisotopic (exact) mass is 281 g/mol. The van der Waals surface area contributed by atoms with Crippen LogP contribution in [0.5, 0.6) is 0 Å². The number of halogens is 1. The second-order valence-electron chi connectivity index (χ2n) is 5.03. The van der Waals surface area contributed by atoms with Crippen molar-refractivity contribution in [3.8, 4) is 0 Å². The van der Waals surface area contributed by atoms with Crippen molar-refractivity contribution in [1.29, 1.82) is 0 Å². The lowest BCUT2D eigenvalue weighted by Gasteiger charge is -2.33. The topological polar surface area (TPSA) is 46.2 Å². The van der Waals surface area contributed by atoms with Gasteiger partial charge in [0.1, 0.15) is 0 Å². The first-order chi connectivity index (χ1) is 7.99. The van der Waals surface area contributed by atoms with E-state index in [0.29, 0.717) is 5.88 Å². The molecule has 0 aromatic carbocycles. The average Bonchev–Trinajstić information content (AvgIpc) is 2.37. The van der Waals surface area contributed by atoms with Crippen molar-refractivity contribution in [2.45, 2.75) is 69.6 Å². The quantitative estimate of drug-likeness (QED) is 0.761. The van der Waals surface area contributed by atoms with Crippen LogP contribution in [-0.4, -0.2) is 25.1 Å². The fourth-order valence-corrected chi connectivity index (χ4v) is 4.98. The third-order valence-corrected chi connectivity index (χ3v) is 6.54. The Morgan fingerprint density at radius 3 is 2.12 bits per heavy atom. The van der Waals surface area contributed by atoms with Crippen LogP contribution in [0.1, 0.15) is 58.8 Å². The average molecular weight is 282 g/mol. The van der Waals surface area contributed by atoms with Gasteiger partial charge in [-0.15, -0.1) is 11.6 Å². The third kappa shape index (κ3) is 3.83. The van der Waals surface area contributed by atoms with Crippen molar-refractivity contribution in [3.63, 3.8) is 0 Å². The summed E-state index contributed by atoms with van der Waals surface area (Å²) in [4.78, 5) is 0. The summed E-state index contributed by atoms with van der Waals surface area (Å²) in [7, 11) is -3.21. The van der Waals surface area contributed by atoms with Gasteiger partial charge in [0.15, 0.2) is 0 Å². The van der Waals surface area contributed by atoms with Gasteiger partial charge in [-0.05, 0) is 25.7 Å². The Labute approximate surface area is 110 Å². The van der Waals surface area contributed by atoms with Gasteiger partial charge in [0, 0.05) is 11.4 Å². The van der Waals surface area contributed by atoms with Crippen molar-refractivity contribution < 1.29 is 8.42 Å². The molecule has 102 valence electrons. The molecule has 0 aromatic rings. The summed E-state index contributed by atoms with van der Waals surface area (Å²) in [5, 5.41) is -0.211. The number of nitrogens with one attached hydrogen (secondary N) is 1. The minimum absolute atomic E-state index is 0.211. The maximum atomic E-state index is 12.3. The van der Waals surface area contributed by atoms with E-state index in [0.717, 1.165) is 44.9 Å². The molecule has 5 heteroatoms. The van der Waals surface area contributed by atoms with Crippen molar-refractivity contribution in [2.75, 3.05) is 5.88 Å². The SMILES string of the molecule is CCC(CC)(CCl)NS(=O)(=O)C1CCCCC1. The van der Waals surface area contributed by atoms with E-state index >= 15 is 0 Å². The first kappa shape index (κ1) is 15.3. The van der Waals surface area contributed by atoms with E-state index in [1.807, 2.05) is 13.8 Å². The van der Waals surface area contributed by atoms with Crippen LogP contribution in [-0.2, 0) is 10.0 Å². The number of sulfonamides is 1. The molecule has 0 unspecified atom stereocenters. The van der Waals surface area contributed by atoms with E-state index in [-0.39, 0.29) is 5.25 Å². The van der Waals surface area contributed by atoms with Gasteiger partial charge in [-0.25, -0.2) is 13.1 Å². The smallest absolute Gasteiger partial charge is 0.212 e. The van der Waals surface area contributed by atoms with Gasteiger partial charge in [-0.3, -0.25) is 0 Å². The molecule has 0 saturated heterocycles. The molecule has 1 fully saturated rings. The van der Waals surface area contributed by atoms with Crippen molar-refractivity contribution in [2.24, 2.45) is 0 Å². The maximum absolute atomic E-state index is 12.3. The minimum atomic E-state index is -3.21. The summed E-state index contributed by atoms with van der Waals surface area (Å²) in [6.45, 7) is 3.96. The number of rotatable bonds is 6. The summed E-state index contributed by atoms with van der Waals surface area (Å²) >= 11 is 5.94. The van der Waals surface area contributed by atoms with Crippen LogP contribution in [0.4, 0.5) is 0 Å². The van der Waals surface area contributed by atoms with Crippen LogP contribution < -0.4 is 4.72 Å². The van der Waals surface area contributed by atoms with Crippen LogP contribution in [0.2, 0.25) is 0 Å². The molecule has 3 nitrogen and oxygen atoms in total. The highest BCUT2D eigenvalue weighted by atomic mass is 35.5. The molecule has 0 amide bonds. The standard InChI is InChI=1S/C12H24ClNO2S/c1-3-12(4-2,10-13)14-17(15,16)11-8-6-5-7-9-11/h11,14H,3-10H2,1-2H3.